The number of nitrogens with zero attached hydrogens (tertiary/aromatic N) is 1. The molecular formula is C61H69N5O14S. The molecule has 428 valence electrons. The summed E-state index contributed by atoms with van der Waals surface area (Å²) < 4.78 is 11.8. The predicted molar refractivity (Wildman–Crippen MR) is 301 cm³/mol. The van der Waals surface area contributed by atoms with E-state index < -0.39 is 76.6 Å². The molecule has 5 amide bonds. The van der Waals surface area contributed by atoms with Crippen LogP contribution in [-0.4, -0.2) is 128 Å². The molecule has 20 heteroatoms. The van der Waals surface area contributed by atoms with Crippen LogP contribution in [0.25, 0.3) is 0 Å². The minimum absolute atomic E-state index is 0. The van der Waals surface area contributed by atoms with Gasteiger partial charge in [0.25, 0.3) is 0 Å². The van der Waals surface area contributed by atoms with Gasteiger partial charge in [0, 0.05) is 67.8 Å². The molecule has 0 radical (unpaired) electrons. The summed E-state index contributed by atoms with van der Waals surface area (Å²) in [6.07, 6.45) is 4.69. The molecule has 0 saturated carbocycles. The smallest absolute Gasteiger partial charge is 0.312 e. The van der Waals surface area contributed by atoms with Crippen molar-refractivity contribution in [3.8, 4) is 29.4 Å². The number of epoxide rings is 1. The molecular weight excluding hydrogens is 1060 g/mol. The number of carbonyl (C=O) groups is 9. The molecule has 3 aromatic rings. The number of fused-ring (bicyclic) bond motifs is 4. The number of esters is 1. The van der Waals surface area contributed by atoms with Crippen LogP contribution < -0.4 is 21.7 Å². The highest BCUT2D eigenvalue weighted by Gasteiger charge is 2.82. The van der Waals surface area contributed by atoms with E-state index in [9.17, 15) is 58.5 Å². The summed E-state index contributed by atoms with van der Waals surface area (Å²) in [6.45, 7) is 5.54. The molecule has 8 N–H and O–H groups in total. The van der Waals surface area contributed by atoms with E-state index >= 15 is 0 Å². The molecule has 2 fully saturated rings. The van der Waals surface area contributed by atoms with E-state index in [1.165, 1.54) is 53.9 Å². The summed E-state index contributed by atoms with van der Waals surface area (Å²) in [4.78, 5) is 120. The fourth-order valence-electron chi connectivity index (χ4n) is 11.1. The van der Waals surface area contributed by atoms with Crippen LogP contribution in [0.3, 0.4) is 0 Å². The zero-order valence-electron chi connectivity index (χ0n) is 45.0. The fourth-order valence-corrected chi connectivity index (χ4v) is 11.8. The number of aryl methyl sites for hydroxylation is 1. The zero-order chi connectivity index (χ0) is 57.6. The number of phenolic OH excluding ortho intramolecular Hbond substituents is 1. The van der Waals surface area contributed by atoms with Gasteiger partial charge in [-0.3, -0.25) is 43.3 Å². The number of rotatable bonds is 25. The number of imide groups is 1. The molecule has 8 atom stereocenters. The number of nitrogens with two attached hydrogens (primary N) is 1. The highest BCUT2D eigenvalue weighted by Crippen LogP contribution is 2.67. The van der Waals surface area contributed by atoms with Gasteiger partial charge in [-0.1, -0.05) is 87.8 Å². The van der Waals surface area contributed by atoms with E-state index in [0.29, 0.717) is 48.9 Å². The molecule has 1 unspecified atom stereocenters. The molecule has 3 aromatic carbocycles. The van der Waals surface area contributed by atoms with Crippen molar-refractivity contribution >= 4 is 70.3 Å². The summed E-state index contributed by atoms with van der Waals surface area (Å²) in [5, 5.41) is 42.2. The van der Waals surface area contributed by atoms with Gasteiger partial charge in [-0.2, -0.15) is 11.8 Å². The fraction of sp³-hybridized carbons (Fsp3) is 0.459. The Morgan fingerprint density at radius 3 is 2.27 bits per heavy atom. The van der Waals surface area contributed by atoms with Crippen molar-refractivity contribution in [1.82, 2.24) is 15.5 Å². The third-order valence-corrected chi connectivity index (χ3v) is 16.5. The standard InChI is InChI=1S/C60H65N5O14S.CH4/c1-33(2)40(29-38(67)13-8-7-11-26-65-49(71)31-46(80-4)57(65)76)56(75)63-43(14-12-25-62-58(61)77)44(68)28-36-17-19-37(20-18-36)32-78-50(72)24-22-35-21-23-39-41(27-35)55(74)51-45(69)30-42-53(52(51)54(39)73)64-47-15-9-5-6-10-16-48(70)60(42)59(47,79-60)34(3)66;/h5-6,17-21,23,27,30,33-34,40,43,46-48,64,66,69-70H,7-8,11-14,22,24-26,28-29,31-32H2,1-4H3,(H,63,75)(H3,61,62,77);1H4/b6-5-;/t34-,40+,43+,46?,47+,48-,59+,60+;/m1./s1. The Morgan fingerprint density at radius 2 is 1.59 bits per heavy atom. The maximum Gasteiger partial charge on any atom is 0.312 e. The summed E-state index contributed by atoms with van der Waals surface area (Å²) in [5.74, 6) is 6.81. The molecule has 0 spiro atoms. The number of aliphatic hydroxyl groups excluding tert-OH is 2. The number of phenols is 1. The minimum atomic E-state index is -1.70. The maximum absolute atomic E-state index is 14.4. The van der Waals surface area contributed by atoms with Gasteiger partial charge in [0.05, 0.1) is 34.2 Å². The van der Waals surface area contributed by atoms with Gasteiger partial charge in [0.15, 0.2) is 34.7 Å². The SMILES string of the molecule is C.CSC1CC(=O)N(CCCCCC(=O)C[C@H](C(=O)N[C@@H](CCCNC(N)=O)C(=O)Cc2ccc(COC(=O)CCc3ccc4c(c3)C(=O)c3c(O)cc5c(c3C4=O)N[C@H]3C#C/C=C\C#C[C@@H](O)[C@@]54O[C@@]34[C@@H](C)O)cc2)C(C)C)C1=O. The number of Topliss-reactive ketones (excluding diaryl/α,β-unsaturated/α-hetero) is 2. The van der Waals surface area contributed by atoms with Crippen molar-refractivity contribution in [2.75, 3.05) is 24.7 Å². The molecule has 3 aliphatic heterocycles. The highest BCUT2D eigenvalue weighted by atomic mass is 32.2. The quantitative estimate of drug-likeness (QED) is 0.0116. The number of allylic oxidation sites excluding steroid dienone is 2. The normalized spacial score (nSPS) is 22.3. The van der Waals surface area contributed by atoms with Crippen LogP contribution in [0, 0.1) is 35.5 Å². The largest absolute Gasteiger partial charge is 0.507 e. The Kier molecular flexibility index (Phi) is 19.5. The molecule has 5 aliphatic rings. The van der Waals surface area contributed by atoms with Gasteiger partial charge >= 0.3 is 12.0 Å². The number of hydrogen-bond donors (Lipinski definition) is 7. The van der Waals surface area contributed by atoms with E-state index in [2.05, 4.69) is 39.6 Å². The first-order chi connectivity index (χ1) is 38.2. The predicted octanol–water partition coefficient (Wildman–Crippen LogP) is 4.88. The third kappa shape index (κ3) is 12.6. The average Bonchev–Trinajstić information content (AvgIpc) is 2.16. The zero-order valence-corrected chi connectivity index (χ0v) is 45.8. The Labute approximate surface area is 474 Å². The molecule has 2 aliphatic carbocycles. The van der Waals surface area contributed by atoms with E-state index in [4.69, 9.17) is 15.2 Å². The Morgan fingerprint density at radius 1 is 0.901 bits per heavy atom. The number of anilines is 1. The summed E-state index contributed by atoms with van der Waals surface area (Å²) in [5.41, 5.74) is 3.78. The lowest BCUT2D eigenvalue weighted by atomic mass is 9.69. The third-order valence-electron chi connectivity index (χ3n) is 15.5. The van der Waals surface area contributed by atoms with Crippen molar-refractivity contribution in [3.05, 3.63) is 105 Å². The second-order valence-electron chi connectivity index (χ2n) is 21.1. The summed E-state index contributed by atoms with van der Waals surface area (Å²) in [6, 6.07) is 10.1. The molecule has 81 heavy (non-hydrogen) atoms. The molecule has 0 aromatic heterocycles. The first-order valence-corrected chi connectivity index (χ1v) is 28.1. The number of urea groups is 1. The van der Waals surface area contributed by atoms with Gasteiger partial charge in [0.1, 0.15) is 24.2 Å². The number of hydrogen-bond acceptors (Lipinski definition) is 16. The second-order valence-corrected chi connectivity index (χ2v) is 22.2. The van der Waals surface area contributed by atoms with Gasteiger partial charge in [0.2, 0.25) is 17.7 Å². The highest BCUT2D eigenvalue weighted by molar-refractivity contribution is 8.00. The molecule has 2 saturated heterocycles. The lowest BCUT2D eigenvalue weighted by Gasteiger charge is -2.37. The minimum Gasteiger partial charge on any atom is -0.507 e. The van der Waals surface area contributed by atoms with Crippen LogP contribution in [0.1, 0.15) is 140 Å². The van der Waals surface area contributed by atoms with E-state index in [0.717, 1.165) is 0 Å². The second kappa shape index (κ2) is 25.9. The lowest BCUT2D eigenvalue weighted by molar-refractivity contribution is -0.145. The van der Waals surface area contributed by atoms with Crippen LogP contribution >= 0.6 is 11.8 Å². The number of likely N-dealkylation sites (tertiary alicyclic amines) is 1. The van der Waals surface area contributed by atoms with Crippen molar-refractivity contribution < 1.29 is 67.9 Å². The van der Waals surface area contributed by atoms with Crippen LogP contribution in [-0.2, 0) is 63.3 Å². The number of ketones is 4. The average molecular weight is 1130 g/mol. The number of primary amides is 1. The number of thioether (sulfide) groups is 1. The lowest BCUT2D eigenvalue weighted by Crippen LogP contribution is -2.54. The molecule has 3 heterocycles. The van der Waals surface area contributed by atoms with E-state index in [-0.39, 0.29) is 134 Å². The van der Waals surface area contributed by atoms with Gasteiger partial charge < -0.3 is 46.5 Å². The van der Waals surface area contributed by atoms with Crippen LogP contribution in [0.2, 0.25) is 0 Å². The van der Waals surface area contributed by atoms with Crippen molar-refractivity contribution in [1.29, 1.82) is 0 Å². The number of unbranched alkanes of at least 4 members (excludes halogenated alkanes) is 2. The van der Waals surface area contributed by atoms with Gasteiger partial charge in [-0.15, -0.1) is 0 Å². The number of ether oxygens (including phenoxy) is 2. The molecule has 19 nitrogen and oxygen atoms in total. The van der Waals surface area contributed by atoms with Crippen LogP contribution in [0.15, 0.2) is 60.7 Å². The Bertz CT molecular complexity index is 3190. The van der Waals surface area contributed by atoms with Crippen molar-refractivity contribution in [3.63, 3.8) is 0 Å². The number of amides is 5. The van der Waals surface area contributed by atoms with Gasteiger partial charge in [-0.25, -0.2) is 4.79 Å². The number of benzene rings is 3. The topological polar surface area (TPSA) is 301 Å². The number of aromatic hydroxyl groups is 1. The Hall–Kier alpha value is -7.62. The summed E-state index contributed by atoms with van der Waals surface area (Å²) >= 11 is 1.36. The first-order valence-electron chi connectivity index (χ1n) is 26.8. The van der Waals surface area contributed by atoms with Crippen LogP contribution in [0.5, 0.6) is 5.75 Å². The number of nitrogens with one attached hydrogen (secondary N) is 3. The first kappa shape index (κ1) is 61.0. The number of carbonyl (C=O) groups excluding carboxylic acids is 9. The maximum atomic E-state index is 14.4. The van der Waals surface area contributed by atoms with E-state index in [1.807, 2.05) is 13.8 Å². The van der Waals surface area contributed by atoms with E-state index in [1.54, 1.807) is 36.6 Å². The number of aliphatic hydroxyl groups is 2. The van der Waals surface area contributed by atoms with Crippen molar-refractivity contribution in [2.24, 2.45) is 17.6 Å². The van der Waals surface area contributed by atoms with Crippen molar-refractivity contribution in [2.45, 2.75) is 146 Å². The molecule has 8 rings (SSSR count). The molecule has 2 bridgehead atoms. The summed E-state index contributed by atoms with van der Waals surface area (Å²) in [7, 11) is 0. The van der Waals surface area contributed by atoms with Crippen LogP contribution in [0.4, 0.5) is 10.5 Å². The van der Waals surface area contributed by atoms with Gasteiger partial charge in [-0.05, 0) is 92.2 Å². The monoisotopic (exact) mass is 1130 g/mol. The Balaban J connectivity index is 0.00000946.